The van der Waals surface area contributed by atoms with Gasteiger partial charge in [-0.2, -0.15) is 5.26 Å². The molecule has 9 heteroatoms. The molecule has 0 aliphatic carbocycles. The summed E-state index contributed by atoms with van der Waals surface area (Å²) in [4.78, 5) is 2.17. The Bertz CT molecular complexity index is 564. The van der Waals surface area contributed by atoms with E-state index in [1.165, 1.54) is 6.07 Å². The normalized spacial score (nSPS) is 11.4. The topological polar surface area (TPSA) is 123 Å². The van der Waals surface area contributed by atoms with Gasteiger partial charge >= 0.3 is 0 Å². The summed E-state index contributed by atoms with van der Waals surface area (Å²) < 4.78 is 47.0. The number of anilines is 1. The first-order valence-corrected chi connectivity index (χ1v) is 5.33. The first-order chi connectivity index (χ1) is 7.29. The minimum atomic E-state index is -4.46. The molecule has 1 aromatic rings. The van der Waals surface area contributed by atoms with Gasteiger partial charge in [-0.25, -0.2) is 22.3 Å². The Labute approximate surface area is 89.5 Å². The molecule has 0 atom stereocenters. The average Bonchev–Trinajstić information content (AvgIpc) is 2.14. The van der Waals surface area contributed by atoms with E-state index < -0.39 is 32.7 Å². The van der Waals surface area contributed by atoms with Crippen LogP contribution in [0.25, 0.3) is 0 Å². The molecule has 0 spiro atoms. The van der Waals surface area contributed by atoms with Crippen molar-refractivity contribution < 1.29 is 17.2 Å². The lowest BCUT2D eigenvalue weighted by molar-refractivity contribution is 0.142. The third-order valence-corrected chi connectivity index (χ3v) is 2.71. The van der Waals surface area contributed by atoms with Gasteiger partial charge in [0.25, 0.3) is 6.43 Å². The van der Waals surface area contributed by atoms with Crippen molar-refractivity contribution in [1.82, 2.24) is 4.98 Å². The first-order valence-electron chi connectivity index (χ1n) is 3.78. The van der Waals surface area contributed by atoms with Gasteiger partial charge in [0.15, 0.2) is 0 Å². The van der Waals surface area contributed by atoms with E-state index in [0.29, 0.717) is 0 Å². The number of hydrogen-bond donors (Lipinski definition) is 2. The number of nitrogens with two attached hydrogens (primary N) is 2. The molecule has 0 aliphatic heterocycles. The minimum absolute atomic E-state index is 0.326. The SMILES string of the molecule is N#Cc1cnc(C(F)F)c(S(N)(=O)=O)c1N. The highest BCUT2D eigenvalue weighted by atomic mass is 32.2. The van der Waals surface area contributed by atoms with Crippen LogP contribution in [0.2, 0.25) is 0 Å². The molecule has 16 heavy (non-hydrogen) atoms. The molecule has 1 heterocycles. The Morgan fingerprint density at radius 1 is 1.50 bits per heavy atom. The number of primary sulfonamides is 1. The maximum atomic E-state index is 12.5. The fourth-order valence-corrected chi connectivity index (χ4v) is 1.92. The summed E-state index contributed by atoms with van der Waals surface area (Å²) in [5.74, 6) is 0. The molecule has 1 rings (SSSR count). The van der Waals surface area contributed by atoms with Gasteiger partial charge in [0.2, 0.25) is 10.0 Å². The van der Waals surface area contributed by atoms with Crippen LogP contribution in [0.3, 0.4) is 0 Å². The summed E-state index contributed by atoms with van der Waals surface area (Å²) in [6, 6.07) is 1.52. The summed E-state index contributed by atoms with van der Waals surface area (Å²) in [5.41, 5.74) is 3.27. The van der Waals surface area contributed by atoms with Crippen LogP contribution in [0.5, 0.6) is 0 Å². The summed E-state index contributed by atoms with van der Waals surface area (Å²) >= 11 is 0. The van der Waals surface area contributed by atoms with E-state index in [1.54, 1.807) is 0 Å². The highest BCUT2D eigenvalue weighted by molar-refractivity contribution is 7.89. The number of nitriles is 1. The third kappa shape index (κ3) is 2.07. The second-order valence-electron chi connectivity index (χ2n) is 2.76. The predicted octanol–water partition coefficient (Wildman–Crippen LogP) is 0.120. The van der Waals surface area contributed by atoms with Crippen molar-refractivity contribution >= 4 is 15.7 Å². The van der Waals surface area contributed by atoms with Gasteiger partial charge in [0.1, 0.15) is 16.7 Å². The molecule has 0 unspecified atom stereocenters. The van der Waals surface area contributed by atoms with Crippen molar-refractivity contribution in [3.8, 4) is 6.07 Å². The quantitative estimate of drug-likeness (QED) is 0.769. The number of nitrogens with zero attached hydrogens (tertiary/aromatic N) is 2. The van der Waals surface area contributed by atoms with Crippen molar-refractivity contribution in [3.05, 3.63) is 17.5 Å². The van der Waals surface area contributed by atoms with Gasteiger partial charge in [-0.3, -0.25) is 4.98 Å². The largest absolute Gasteiger partial charge is 0.396 e. The summed E-state index contributed by atoms with van der Waals surface area (Å²) in [6.07, 6.45) is -2.38. The second kappa shape index (κ2) is 3.99. The van der Waals surface area contributed by atoms with E-state index in [1.807, 2.05) is 0 Å². The smallest absolute Gasteiger partial charge is 0.281 e. The molecule has 6 nitrogen and oxygen atoms in total. The van der Waals surface area contributed by atoms with Crippen LogP contribution in [0, 0.1) is 11.3 Å². The molecule has 0 bridgehead atoms. The van der Waals surface area contributed by atoms with Gasteiger partial charge in [-0.15, -0.1) is 0 Å². The fraction of sp³-hybridized carbons (Fsp3) is 0.143. The van der Waals surface area contributed by atoms with Crippen molar-refractivity contribution in [2.45, 2.75) is 11.3 Å². The van der Waals surface area contributed by atoms with E-state index in [4.69, 9.17) is 16.1 Å². The van der Waals surface area contributed by atoms with Gasteiger partial charge < -0.3 is 5.73 Å². The lowest BCUT2D eigenvalue weighted by Gasteiger charge is -2.09. The molecule has 0 amide bonds. The maximum Gasteiger partial charge on any atom is 0.281 e. The summed E-state index contributed by atoms with van der Waals surface area (Å²) in [7, 11) is -4.46. The van der Waals surface area contributed by atoms with Crippen LogP contribution >= 0.6 is 0 Å². The van der Waals surface area contributed by atoms with E-state index in [-0.39, 0.29) is 5.56 Å². The van der Waals surface area contributed by atoms with Gasteiger partial charge in [-0.1, -0.05) is 0 Å². The summed E-state index contributed by atoms with van der Waals surface area (Å²) in [5, 5.41) is 13.3. The van der Waals surface area contributed by atoms with Gasteiger partial charge in [-0.05, 0) is 0 Å². The fourth-order valence-electron chi connectivity index (χ4n) is 1.07. The highest BCUT2D eigenvalue weighted by Gasteiger charge is 2.26. The number of hydrogen-bond acceptors (Lipinski definition) is 5. The standard InChI is InChI=1S/C7H6F2N4O2S/c8-7(9)5-6(16(12,14)15)4(11)3(1-10)2-13-5/h2,7H,(H2,11,13)(H2,12,14,15). The van der Waals surface area contributed by atoms with Crippen LogP contribution in [0.1, 0.15) is 17.7 Å². The minimum Gasteiger partial charge on any atom is -0.396 e. The Hall–Kier alpha value is -1.79. The molecule has 0 radical (unpaired) electrons. The first kappa shape index (κ1) is 12.3. The molecule has 0 fully saturated rings. The van der Waals surface area contributed by atoms with Gasteiger partial charge in [0.05, 0.1) is 11.3 Å². The zero-order chi connectivity index (χ0) is 12.5. The lowest BCUT2D eigenvalue weighted by Crippen LogP contribution is -2.18. The van der Waals surface area contributed by atoms with Crippen molar-refractivity contribution in [2.24, 2.45) is 5.14 Å². The highest BCUT2D eigenvalue weighted by Crippen LogP contribution is 2.29. The zero-order valence-corrected chi connectivity index (χ0v) is 8.50. The average molecular weight is 248 g/mol. The van der Waals surface area contributed by atoms with E-state index in [2.05, 4.69) is 4.98 Å². The Balaban J connectivity index is 3.72. The van der Waals surface area contributed by atoms with Crippen molar-refractivity contribution in [1.29, 1.82) is 5.26 Å². The molecule has 86 valence electrons. The Morgan fingerprint density at radius 3 is 2.44 bits per heavy atom. The van der Waals surface area contributed by atoms with Crippen molar-refractivity contribution in [3.63, 3.8) is 0 Å². The number of nitrogen functional groups attached to an aromatic ring is 1. The molecule has 0 saturated carbocycles. The maximum absolute atomic E-state index is 12.5. The number of pyridine rings is 1. The Kier molecular flexibility index (Phi) is 3.06. The van der Waals surface area contributed by atoms with E-state index >= 15 is 0 Å². The van der Waals surface area contributed by atoms with Crippen LogP contribution in [-0.4, -0.2) is 13.4 Å². The van der Waals surface area contributed by atoms with Crippen LogP contribution in [0.4, 0.5) is 14.5 Å². The predicted molar refractivity (Wildman–Crippen MR) is 49.7 cm³/mol. The monoisotopic (exact) mass is 248 g/mol. The van der Waals surface area contributed by atoms with Crippen LogP contribution < -0.4 is 10.9 Å². The molecule has 1 aromatic heterocycles. The lowest BCUT2D eigenvalue weighted by atomic mass is 10.2. The Morgan fingerprint density at radius 2 is 2.06 bits per heavy atom. The number of alkyl halides is 2. The third-order valence-electron chi connectivity index (χ3n) is 1.71. The number of sulfonamides is 1. The van der Waals surface area contributed by atoms with Crippen molar-refractivity contribution in [2.75, 3.05) is 5.73 Å². The van der Waals surface area contributed by atoms with Crippen LogP contribution in [-0.2, 0) is 10.0 Å². The van der Waals surface area contributed by atoms with E-state index in [0.717, 1.165) is 6.20 Å². The van der Waals surface area contributed by atoms with Crippen LogP contribution in [0.15, 0.2) is 11.1 Å². The van der Waals surface area contributed by atoms with E-state index in [9.17, 15) is 17.2 Å². The molecular formula is C7H6F2N4O2S. The molecule has 4 N–H and O–H groups in total. The molecular weight excluding hydrogens is 242 g/mol. The van der Waals surface area contributed by atoms with Gasteiger partial charge in [0, 0.05) is 6.20 Å². The molecule has 0 saturated heterocycles. The number of rotatable bonds is 2. The zero-order valence-electron chi connectivity index (χ0n) is 7.68. The number of aromatic nitrogens is 1. The molecule has 0 aliphatic rings. The summed E-state index contributed by atoms with van der Waals surface area (Å²) in [6.45, 7) is 0. The second-order valence-corrected chi connectivity index (χ2v) is 4.26. The molecule has 0 aromatic carbocycles. The number of halogens is 2.